The molecule has 0 aromatic carbocycles. The van der Waals surface area contributed by atoms with Gasteiger partial charge in [-0.2, -0.15) is 5.10 Å². The van der Waals surface area contributed by atoms with E-state index in [9.17, 15) is 0 Å². The van der Waals surface area contributed by atoms with Gasteiger partial charge in [0, 0.05) is 59.1 Å². The number of ether oxygens (including phenoxy) is 1. The van der Waals surface area contributed by atoms with E-state index < -0.39 is 0 Å². The molecule has 3 rings (SSSR count). The van der Waals surface area contributed by atoms with Gasteiger partial charge in [0.25, 0.3) is 0 Å². The van der Waals surface area contributed by atoms with Gasteiger partial charge in [0.2, 0.25) is 0 Å². The number of aromatic nitrogens is 5. The monoisotopic (exact) mass is 445 g/mol. The van der Waals surface area contributed by atoms with Gasteiger partial charge in [0.1, 0.15) is 12.4 Å². The van der Waals surface area contributed by atoms with E-state index in [0.717, 1.165) is 75.7 Å². The molecule has 1 aliphatic heterocycles. The van der Waals surface area contributed by atoms with E-state index in [1.54, 1.807) is 0 Å². The van der Waals surface area contributed by atoms with E-state index in [-0.39, 0.29) is 0 Å². The molecule has 1 fully saturated rings. The van der Waals surface area contributed by atoms with Crippen LogP contribution >= 0.6 is 0 Å². The number of nitrogens with zero attached hydrogens (tertiary/aromatic N) is 8. The van der Waals surface area contributed by atoms with Crippen LogP contribution in [0.3, 0.4) is 0 Å². The standard InChI is InChI=1S/C22H39N9O/c1-17(2)21-19(16-29(5)27-21)15-28(4)22(24-14-20-26-25-18(3)30(20)6)23-8-7-9-31-10-12-32-13-11-31/h16-17H,7-15H2,1-6H3,(H,23,24). The van der Waals surface area contributed by atoms with Gasteiger partial charge in [-0.3, -0.25) is 9.58 Å². The quantitative estimate of drug-likeness (QED) is 0.353. The molecule has 32 heavy (non-hydrogen) atoms. The zero-order chi connectivity index (χ0) is 23.1. The van der Waals surface area contributed by atoms with Crippen LogP contribution in [0.4, 0.5) is 0 Å². The lowest BCUT2D eigenvalue weighted by Gasteiger charge is -2.27. The minimum absolute atomic E-state index is 0.378. The van der Waals surface area contributed by atoms with Crippen LogP contribution in [0.25, 0.3) is 0 Å². The lowest BCUT2D eigenvalue weighted by Crippen LogP contribution is -2.41. The van der Waals surface area contributed by atoms with Crippen LogP contribution in [-0.4, -0.2) is 86.7 Å². The summed E-state index contributed by atoms with van der Waals surface area (Å²) in [4.78, 5) is 9.50. The highest BCUT2D eigenvalue weighted by Gasteiger charge is 2.16. The summed E-state index contributed by atoms with van der Waals surface area (Å²) in [6.45, 7) is 13.2. The van der Waals surface area contributed by atoms with Crippen LogP contribution in [0.5, 0.6) is 0 Å². The number of aliphatic imine (C=N–C) groups is 1. The van der Waals surface area contributed by atoms with E-state index in [1.165, 1.54) is 5.56 Å². The second-order valence-corrected chi connectivity index (χ2v) is 8.82. The average Bonchev–Trinajstić information content (AvgIpc) is 3.30. The Labute approximate surface area is 191 Å². The molecule has 2 aromatic rings. The summed E-state index contributed by atoms with van der Waals surface area (Å²) >= 11 is 0. The molecule has 0 spiro atoms. The van der Waals surface area contributed by atoms with Gasteiger partial charge in [-0.15, -0.1) is 10.2 Å². The van der Waals surface area contributed by atoms with Gasteiger partial charge in [-0.05, 0) is 25.8 Å². The van der Waals surface area contributed by atoms with Crippen LogP contribution < -0.4 is 5.32 Å². The number of hydrogen-bond acceptors (Lipinski definition) is 6. The number of nitrogens with one attached hydrogen (secondary N) is 1. The molecule has 178 valence electrons. The van der Waals surface area contributed by atoms with Crippen LogP contribution in [0.2, 0.25) is 0 Å². The fraction of sp³-hybridized carbons (Fsp3) is 0.727. The number of hydrogen-bond donors (Lipinski definition) is 1. The topological polar surface area (TPSA) is 88.6 Å². The SMILES string of the molecule is Cc1nnc(CN=C(NCCCN2CCOCC2)N(C)Cc2cn(C)nc2C(C)C)n1C. The molecule has 0 amide bonds. The van der Waals surface area contributed by atoms with E-state index in [0.29, 0.717) is 12.5 Å². The van der Waals surface area contributed by atoms with Crippen molar-refractivity contribution in [2.24, 2.45) is 19.1 Å². The molecule has 1 saturated heterocycles. The van der Waals surface area contributed by atoms with Crippen molar-refractivity contribution in [1.82, 2.24) is 39.7 Å². The molecule has 0 saturated carbocycles. The molecular formula is C22H39N9O. The smallest absolute Gasteiger partial charge is 0.194 e. The van der Waals surface area contributed by atoms with Crippen molar-refractivity contribution in [1.29, 1.82) is 0 Å². The van der Waals surface area contributed by atoms with Gasteiger partial charge >= 0.3 is 0 Å². The Morgan fingerprint density at radius 3 is 2.66 bits per heavy atom. The highest BCUT2D eigenvalue weighted by atomic mass is 16.5. The van der Waals surface area contributed by atoms with Gasteiger partial charge in [-0.25, -0.2) is 4.99 Å². The Kier molecular flexibility index (Phi) is 8.63. The third kappa shape index (κ3) is 6.52. The molecule has 1 aliphatic rings. The largest absolute Gasteiger partial charge is 0.379 e. The van der Waals surface area contributed by atoms with Gasteiger partial charge in [0.15, 0.2) is 11.8 Å². The molecule has 0 unspecified atom stereocenters. The Balaban J connectivity index is 1.65. The van der Waals surface area contributed by atoms with Crippen molar-refractivity contribution in [3.05, 3.63) is 29.1 Å². The summed E-state index contributed by atoms with van der Waals surface area (Å²) in [5.74, 6) is 2.99. The first-order valence-electron chi connectivity index (χ1n) is 11.5. The zero-order valence-electron chi connectivity index (χ0n) is 20.5. The van der Waals surface area contributed by atoms with Crippen LogP contribution in [0.15, 0.2) is 11.2 Å². The minimum Gasteiger partial charge on any atom is -0.379 e. The highest BCUT2D eigenvalue weighted by molar-refractivity contribution is 5.79. The molecule has 3 heterocycles. The van der Waals surface area contributed by atoms with E-state index in [1.807, 2.05) is 30.3 Å². The third-order valence-corrected chi connectivity index (χ3v) is 5.84. The second-order valence-electron chi connectivity index (χ2n) is 8.82. The van der Waals surface area contributed by atoms with Crippen molar-refractivity contribution in [3.8, 4) is 0 Å². The van der Waals surface area contributed by atoms with Crippen molar-refractivity contribution >= 4 is 5.96 Å². The van der Waals surface area contributed by atoms with E-state index in [4.69, 9.17) is 9.73 Å². The number of rotatable bonds is 9. The first kappa shape index (κ1) is 24.2. The maximum absolute atomic E-state index is 5.44. The Morgan fingerprint density at radius 1 is 1.25 bits per heavy atom. The van der Waals surface area contributed by atoms with Gasteiger partial charge in [0.05, 0.1) is 18.9 Å². The van der Waals surface area contributed by atoms with Crippen LogP contribution in [0.1, 0.15) is 49.1 Å². The van der Waals surface area contributed by atoms with Crippen molar-refractivity contribution < 1.29 is 4.74 Å². The van der Waals surface area contributed by atoms with Gasteiger partial charge in [-0.1, -0.05) is 13.8 Å². The lowest BCUT2D eigenvalue weighted by atomic mass is 10.1. The van der Waals surface area contributed by atoms with Crippen molar-refractivity contribution in [3.63, 3.8) is 0 Å². The lowest BCUT2D eigenvalue weighted by molar-refractivity contribution is 0.0375. The van der Waals surface area contributed by atoms with Crippen LogP contribution in [-0.2, 0) is 31.9 Å². The first-order valence-corrected chi connectivity index (χ1v) is 11.5. The fourth-order valence-corrected chi connectivity index (χ4v) is 3.87. The third-order valence-electron chi connectivity index (χ3n) is 5.84. The Hall–Kier alpha value is -2.46. The minimum atomic E-state index is 0.378. The number of aryl methyl sites for hydroxylation is 2. The van der Waals surface area contributed by atoms with Gasteiger partial charge < -0.3 is 19.5 Å². The summed E-state index contributed by atoms with van der Waals surface area (Å²) in [6, 6.07) is 0. The molecule has 10 nitrogen and oxygen atoms in total. The summed E-state index contributed by atoms with van der Waals surface area (Å²) in [6.07, 6.45) is 3.16. The molecule has 0 bridgehead atoms. The zero-order valence-corrected chi connectivity index (χ0v) is 20.5. The molecule has 10 heteroatoms. The van der Waals surface area contributed by atoms with Crippen molar-refractivity contribution in [2.75, 3.05) is 46.4 Å². The predicted octanol–water partition coefficient (Wildman–Crippen LogP) is 1.28. The molecule has 1 N–H and O–H groups in total. The Bertz CT molecular complexity index is 880. The summed E-state index contributed by atoms with van der Waals surface area (Å²) in [5, 5.41) is 16.6. The number of morpholine rings is 1. The van der Waals surface area contributed by atoms with E-state index in [2.05, 4.69) is 57.5 Å². The molecule has 0 radical (unpaired) electrons. The molecule has 2 aromatic heterocycles. The fourth-order valence-electron chi connectivity index (χ4n) is 3.87. The maximum Gasteiger partial charge on any atom is 0.194 e. The van der Waals surface area contributed by atoms with Crippen molar-refractivity contribution in [2.45, 2.75) is 46.2 Å². The van der Waals surface area contributed by atoms with E-state index >= 15 is 0 Å². The number of guanidine groups is 1. The maximum atomic E-state index is 5.44. The average molecular weight is 446 g/mol. The summed E-state index contributed by atoms with van der Waals surface area (Å²) < 4.78 is 9.32. The summed E-state index contributed by atoms with van der Waals surface area (Å²) in [7, 11) is 6.03. The molecular weight excluding hydrogens is 406 g/mol. The second kappa shape index (κ2) is 11.4. The molecule has 0 atom stereocenters. The van der Waals surface area contributed by atoms with Crippen LogP contribution in [0, 0.1) is 6.92 Å². The molecule has 0 aliphatic carbocycles. The predicted molar refractivity (Wildman–Crippen MR) is 126 cm³/mol. The summed E-state index contributed by atoms with van der Waals surface area (Å²) in [5.41, 5.74) is 2.36. The highest BCUT2D eigenvalue weighted by Crippen LogP contribution is 2.18. The normalized spacial score (nSPS) is 15.5. The Morgan fingerprint density at radius 2 is 2.00 bits per heavy atom. The first-order chi connectivity index (χ1) is 15.3.